The van der Waals surface area contributed by atoms with E-state index >= 15 is 0 Å². The summed E-state index contributed by atoms with van der Waals surface area (Å²) in [4.78, 5) is 10.6. The van der Waals surface area contributed by atoms with Crippen molar-refractivity contribution in [3.63, 3.8) is 0 Å². The lowest BCUT2D eigenvalue weighted by Crippen LogP contribution is -2.38. The summed E-state index contributed by atoms with van der Waals surface area (Å²) in [6.45, 7) is 1.44. The standard InChI is InChI=1S/C11H14ClNO5S/c1-7(11(14)15)13-19(16,17)10-4-8(6-18-2)3-9(12)5-10/h3-5,7,13H,6H2,1-2H3,(H,14,15)/t7-/m1/s1. The molecule has 0 amide bonds. The zero-order chi connectivity index (χ0) is 14.6. The van der Waals surface area contributed by atoms with Crippen molar-refractivity contribution in [2.24, 2.45) is 0 Å². The van der Waals surface area contributed by atoms with Gasteiger partial charge in [0.15, 0.2) is 0 Å². The Bertz CT molecular complexity index is 572. The fourth-order valence-corrected chi connectivity index (χ4v) is 2.99. The highest BCUT2D eigenvalue weighted by atomic mass is 35.5. The number of halogens is 1. The highest BCUT2D eigenvalue weighted by molar-refractivity contribution is 7.89. The highest BCUT2D eigenvalue weighted by Crippen LogP contribution is 2.19. The number of ether oxygens (including phenoxy) is 1. The molecule has 1 aromatic rings. The quantitative estimate of drug-likeness (QED) is 0.825. The Balaban J connectivity index is 3.10. The molecule has 0 bridgehead atoms. The summed E-state index contributed by atoms with van der Waals surface area (Å²) in [5, 5.41) is 8.95. The van der Waals surface area contributed by atoms with Gasteiger partial charge in [0.1, 0.15) is 6.04 Å². The van der Waals surface area contributed by atoms with Crippen LogP contribution in [0.5, 0.6) is 0 Å². The lowest BCUT2D eigenvalue weighted by atomic mass is 10.2. The summed E-state index contributed by atoms with van der Waals surface area (Å²) in [6.07, 6.45) is 0. The number of aliphatic carboxylic acids is 1. The molecular weight excluding hydrogens is 294 g/mol. The van der Waals surface area contributed by atoms with Crippen molar-refractivity contribution in [1.82, 2.24) is 4.72 Å². The molecule has 8 heteroatoms. The van der Waals surface area contributed by atoms with Crippen LogP contribution in [0.25, 0.3) is 0 Å². The molecule has 0 saturated carbocycles. The number of carboxylic acids is 1. The maximum atomic E-state index is 12.0. The summed E-state index contributed by atoms with van der Waals surface area (Å²) in [7, 11) is -2.47. The van der Waals surface area contributed by atoms with Gasteiger partial charge in [0.2, 0.25) is 10.0 Å². The van der Waals surface area contributed by atoms with Gasteiger partial charge in [0.05, 0.1) is 11.5 Å². The molecule has 0 aliphatic carbocycles. The molecule has 1 atom stereocenters. The van der Waals surface area contributed by atoms with Crippen LogP contribution in [0.2, 0.25) is 5.02 Å². The van der Waals surface area contributed by atoms with E-state index in [-0.39, 0.29) is 16.5 Å². The average Bonchev–Trinajstić information content (AvgIpc) is 2.27. The minimum absolute atomic E-state index is 0.0971. The van der Waals surface area contributed by atoms with E-state index in [1.165, 1.54) is 26.2 Å². The third-order valence-corrected chi connectivity index (χ3v) is 3.99. The first-order valence-electron chi connectivity index (χ1n) is 5.30. The number of sulfonamides is 1. The number of rotatable bonds is 6. The summed E-state index contributed by atoms with van der Waals surface area (Å²) < 4.78 is 30.9. The summed E-state index contributed by atoms with van der Waals surface area (Å²) in [5.41, 5.74) is 0.582. The fraction of sp³-hybridized carbons (Fsp3) is 0.364. The second-order valence-corrected chi connectivity index (χ2v) is 6.06. The molecule has 1 aromatic carbocycles. The first kappa shape index (κ1) is 15.9. The van der Waals surface area contributed by atoms with Crippen LogP contribution in [0.4, 0.5) is 0 Å². The van der Waals surface area contributed by atoms with E-state index in [1.54, 1.807) is 6.07 Å². The van der Waals surface area contributed by atoms with Crippen LogP contribution in [-0.4, -0.2) is 32.6 Å². The predicted molar refractivity (Wildman–Crippen MR) is 69.6 cm³/mol. The van der Waals surface area contributed by atoms with E-state index < -0.39 is 22.0 Å². The van der Waals surface area contributed by atoms with E-state index in [0.717, 1.165) is 0 Å². The van der Waals surface area contributed by atoms with Crippen molar-refractivity contribution in [3.8, 4) is 0 Å². The topological polar surface area (TPSA) is 92.7 Å². The van der Waals surface area contributed by atoms with Crippen molar-refractivity contribution < 1.29 is 23.1 Å². The molecular formula is C11H14ClNO5S. The Labute approximate surface area is 116 Å². The number of carbonyl (C=O) groups is 1. The molecule has 0 unspecified atom stereocenters. The van der Waals surface area contributed by atoms with Gasteiger partial charge < -0.3 is 9.84 Å². The van der Waals surface area contributed by atoms with Crippen LogP contribution in [0.15, 0.2) is 23.1 Å². The predicted octanol–water partition coefficient (Wildman–Crippen LogP) is 1.24. The number of hydrogen-bond acceptors (Lipinski definition) is 4. The second kappa shape index (κ2) is 6.33. The Morgan fingerprint density at radius 2 is 2.11 bits per heavy atom. The lowest BCUT2D eigenvalue weighted by Gasteiger charge is -2.11. The Morgan fingerprint density at radius 1 is 1.47 bits per heavy atom. The van der Waals surface area contributed by atoms with Crippen molar-refractivity contribution in [2.45, 2.75) is 24.5 Å². The van der Waals surface area contributed by atoms with Gasteiger partial charge in [-0.3, -0.25) is 4.79 Å². The number of hydrogen-bond donors (Lipinski definition) is 2. The molecule has 0 spiro atoms. The first-order valence-corrected chi connectivity index (χ1v) is 7.16. The molecule has 19 heavy (non-hydrogen) atoms. The second-order valence-electron chi connectivity index (χ2n) is 3.91. The van der Waals surface area contributed by atoms with Gasteiger partial charge in [-0.25, -0.2) is 8.42 Å². The van der Waals surface area contributed by atoms with Crippen LogP contribution in [0.1, 0.15) is 12.5 Å². The normalized spacial score (nSPS) is 13.2. The Kier molecular flexibility index (Phi) is 5.30. The molecule has 0 aromatic heterocycles. The van der Waals surface area contributed by atoms with Crippen molar-refractivity contribution in [2.75, 3.05) is 7.11 Å². The van der Waals surface area contributed by atoms with E-state index in [2.05, 4.69) is 0 Å². The third-order valence-electron chi connectivity index (χ3n) is 2.25. The first-order chi connectivity index (χ1) is 8.76. The van der Waals surface area contributed by atoms with Gasteiger partial charge in [0.25, 0.3) is 0 Å². The Morgan fingerprint density at radius 3 is 2.63 bits per heavy atom. The average molecular weight is 308 g/mol. The molecule has 0 aliphatic heterocycles. The zero-order valence-electron chi connectivity index (χ0n) is 10.4. The van der Waals surface area contributed by atoms with Gasteiger partial charge >= 0.3 is 5.97 Å². The largest absolute Gasteiger partial charge is 0.480 e. The molecule has 0 radical (unpaired) electrons. The molecule has 0 saturated heterocycles. The third kappa shape index (κ3) is 4.46. The summed E-state index contributed by atoms with van der Waals surface area (Å²) in [6, 6.07) is 2.98. The number of nitrogens with one attached hydrogen (secondary N) is 1. The molecule has 1 rings (SSSR count). The van der Waals surface area contributed by atoms with Crippen molar-refractivity contribution in [3.05, 3.63) is 28.8 Å². The van der Waals surface area contributed by atoms with Crippen molar-refractivity contribution >= 4 is 27.6 Å². The maximum absolute atomic E-state index is 12.0. The summed E-state index contributed by atoms with van der Waals surface area (Å²) in [5.74, 6) is -1.26. The van der Waals surface area contributed by atoms with E-state index in [9.17, 15) is 13.2 Å². The molecule has 0 fully saturated rings. The zero-order valence-corrected chi connectivity index (χ0v) is 12.0. The number of methoxy groups -OCH3 is 1. The van der Waals surface area contributed by atoms with Crippen LogP contribution in [0, 0.1) is 0 Å². The summed E-state index contributed by atoms with van der Waals surface area (Å²) >= 11 is 5.83. The molecule has 0 heterocycles. The SMILES string of the molecule is COCc1cc(Cl)cc(S(=O)(=O)N[C@H](C)C(=O)O)c1. The van der Waals surface area contributed by atoms with Gasteiger partial charge in [-0.15, -0.1) is 0 Å². The van der Waals surface area contributed by atoms with E-state index in [0.29, 0.717) is 5.56 Å². The molecule has 6 nitrogen and oxygen atoms in total. The smallest absolute Gasteiger partial charge is 0.321 e. The number of benzene rings is 1. The Hall–Kier alpha value is -1.15. The van der Waals surface area contributed by atoms with Crippen LogP contribution >= 0.6 is 11.6 Å². The number of carboxylic acid groups (broad SMARTS) is 1. The lowest BCUT2D eigenvalue weighted by molar-refractivity contribution is -0.138. The van der Waals surface area contributed by atoms with Gasteiger partial charge in [-0.2, -0.15) is 4.72 Å². The maximum Gasteiger partial charge on any atom is 0.321 e. The minimum atomic E-state index is -3.94. The molecule has 106 valence electrons. The highest BCUT2D eigenvalue weighted by Gasteiger charge is 2.22. The van der Waals surface area contributed by atoms with Gasteiger partial charge in [-0.05, 0) is 30.7 Å². The monoisotopic (exact) mass is 307 g/mol. The fourth-order valence-electron chi connectivity index (χ4n) is 1.38. The minimum Gasteiger partial charge on any atom is -0.480 e. The van der Waals surface area contributed by atoms with E-state index in [1.807, 2.05) is 4.72 Å². The van der Waals surface area contributed by atoms with E-state index in [4.69, 9.17) is 21.4 Å². The van der Waals surface area contributed by atoms with Crippen LogP contribution in [-0.2, 0) is 26.2 Å². The van der Waals surface area contributed by atoms with Crippen molar-refractivity contribution in [1.29, 1.82) is 0 Å². The van der Waals surface area contributed by atoms with Gasteiger partial charge in [-0.1, -0.05) is 11.6 Å². The van der Waals surface area contributed by atoms with Gasteiger partial charge in [0, 0.05) is 12.1 Å². The molecule has 0 aliphatic rings. The molecule has 2 N–H and O–H groups in total. The van der Waals surface area contributed by atoms with Crippen LogP contribution in [0.3, 0.4) is 0 Å². The van der Waals surface area contributed by atoms with Crippen LogP contribution < -0.4 is 4.72 Å².